The lowest BCUT2D eigenvalue weighted by Crippen LogP contribution is -2.08. The van der Waals surface area contributed by atoms with Crippen LogP contribution in [0.5, 0.6) is 0 Å². The molecule has 120 valence electrons. The third kappa shape index (κ3) is 4.68. The monoisotopic (exact) mass is 312 g/mol. The Hall–Kier alpha value is -2.62. The van der Waals surface area contributed by atoms with Crippen molar-refractivity contribution in [2.24, 2.45) is 0 Å². The van der Waals surface area contributed by atoms with Crippen LogP contribution in [0.2, 0.25) is 0 Å². The van der Waals surface area contributed by atoms with Crippen molar-refractivity contribution in [3.63, 3.8) is 0 Å². The van der Waals surface area contributed by atoms with Gasteiger partial charge in [0.1, 0.15) is 0 Å². The minimum Gasteiger partial charge on any atom is -0.478 e. The van der Waals surface area contributed by atoms with E-state index in [2.05, 4.69) is 0 Å². The molecule has 0 radical (unpaired) electrons. The summed E-state index contributed by atoms with van der Waals surface area (Å²) in [6, 6.07) is 15.9. The zero-order valence-electron chi connectivity index (χ0n) is 13.1. The van der Waals surface area contributed by atoms with E-state index in [1.165, 1.54) is 0 Å². The first kappa shape index (κ1) is 16.7. The van der Waals surface area contributed by atoms with Crippen molar-refractivity contribution < 1.29 is 19.4 Å². The number of benzene rings is 2. The van der Waals surface area contributed by atoms with Gasteiger partial charge in [0.15, 0.2) is 0 Å². The summed E-state index contributed by atoms with van der Waals surface area (Å²) in [5.74, 6) is -1.15. The Balaban J connectivity index is 1.83. The van der Waals surface area contributed by atoms with Crippen LogP contribution < -0.4 is 0 Å². The molecule has 0 saturated heterocycles. The van der Waals surface area contributed by atoms with E-state index in [9.17, 15) is 14.7 Å². The molecule has 0 heterocycles. The molecule has 0 saturated carbocycles. The molecule has 0 aromatic heterocycles. The van der Waals surface area contributed by atoms with E-state index in [0.717, 1.165) is 12.0 Å². The zero-order chi connectivity index (χ0) is 16.7. The van der Waals surface area contributed by atoms with Crippen LogP contribution in [0.4, 0.5) is 0 Å². The van der Waals surface area contributed by atoms with Crippen molar-refractivity contribution in [1.29, 1.82) is 0 Å². The standard InChI is InChI=1S/C19H20O4/c1-14(16-11-5-6-12-17(16)18(20)21)8-7-13-23-19(22)15-9-3-2-4-10-15/h2-6,9-12,14H,7-8,13H2,1H3,(H,20,21). The van der Waals surface area contributed by atoms with Gasteiger partial charge in [-0.2, -0.15) is 0 Å². The van der Waals surface area contributed by atoms with Crippen LogP contribution in [0, 0.1) is 0 Å². The Morgan fingerprint density at radius 2 is 1.70 bits per heavy atom. The van der Waals surface area contributed by atoms with Crippen LogP contribution in [-0.2, 0) is 4.74 Å². The number of carboxylic acid groups (broad SMARTS) is 1. The predicted molar refractivity (Wildman–Crippen MR) is 87.8 cm³/mol. The number of esters is 1. The van der Waals surface area contributed by atoms with Crippen molar-refractivity contribution in [1.82, 2.24) is 0 Å². The summed E-state index contributed by atoms with van der Waals surface area (Å²) in [5.41, 5.74) is 1.69. The Morgan fingerprint density at radius 3 is 2.39 bits per heavy atom. The van der Waals surface area contributed by atoms with Gasteiger partial charge < -0.3 is 9.84 Å². The molecule has 2 rings (SSSR count). The average Bonchev–Trinajstić information content (AvgIpc) is 2.59. The first-order chi connectivity index (χ1) is 11.1. The minimum absolute atomic E-state index is 0.0951. The van der Waals surface area contributed by atoms with Crippen molar-refractivity contribution >= 4 is 11.9 Å². The maximum absolute atomic E-state index is 11.8. The number of hydrogen-bond acceptors (Lipinski definition) is 3. The van der Waals surface area contributed by atoms with Crippen LogP contribution in [0.15, 0.2) is 54.6 Å². The fourth-order valence-corrected chi connectivity index (χ4v) is 2.49. The largest absolute Gasteiger partial charge is 0.478 e. The zero-order valence-corrected chi connectivity index (χ0v) is 13.1. The Bertz CT molecular complexity index is 664. The van der Waals surface area contributed by atoms with Gasteiger partial charge >= 0.3 is 11.9 Å². The molecule has 1 unspecified atom stereocenters. The highest BCUT2D eigenvalue weighted by Crippen LogP contribution is 2.24. The van der Waals surface area contributed by atoms with E-state index in [4.69, 9.17) is 4.74 Å². The van der Waals surface area contributed by atoms with Crippen LogP contribution >= 0.6 is 0 Å². The average molecular weight is 312 g/mol. The summed E-state index contributed by atoms with van der Waals surface area (Å²) in [5, 5.41) is 9.22. The van der Waals surface area contributed by atoms with Gasteiger partial charge in [-0.3, -0.25) is 0 Å². The van der Waals surface area contributed by atoms with Crippen molar-refractivity contribution in [2.75, 3.05) is 6.61 Å². The first-order valence-corrected chi connectivity index (χ1v) is 7.64. The van der Waals surface area contributed by atoms with Gasteiger partial charge in [-0.05, 0) is 42.5 Å². The van der Waals surface area contributed by atoms with E-state index < -0.39 is 5.97 Å². The summed E-state index contributed by atoms with van der Waals surface area (Å²) in [6.07, 6.45) is 1.44. The second-order valence-electron chi connectivity index (χ2n) is 5.44. The number of carboxylic acids is 1. The molecule has 2 aromatic rings. The van der Waals surface area contributed by atoms with Gasteiger partial charge in [0.2, 0.25) is 0 Å². The summed E-state index contributed by atoms with van der Waals surface area (Å²) in [7, 11) is 0. The van der Waals surface area contributed by atoms with Gasteiger partial charge in [0.05, 0.1) is 17.7 Å². The van der Waals surface area contributed by atoms with Gasteiger partial charge in [-0.1, -0.05) is 43.3 Å². The SMILES string of the molecule is CC(CCCOC(=O)c1ccccc1)c1ccccc1C(=O)O. The molecule has 0 spiro atoms. The van der Waals surface area contributed by atoms with Gasteiger partial charge in [0.25, 0.3) is 0 Å². The lowest BCUT2D eigenvalue weighted by atomic mass is 9.92. The maximum Gasteiger partial charge on any atom is 0.338 e. The molecule has 1 atom stereocenters. The molecule has 23 heavy (non-hydrogen) atoms. The predicted octanol–water partition coefficient (Wildman–Crippen LogP) is 4.13. The highest BCUT2D eigenvalue weighted by atomic mass is 16.5. The highest BCUT2D eigenvalue weighted by Gasteiger charge is 2.15. The number of hydrogen-bond donors (Lipinski definition) is 1. The fraction of sp³-hybridized carbons (Fsp3) is 0.263. The number of carbonyl (C=O) groups is 2. The maximum atomic E-state index is 11.8. The lowest BCUT2D eigenvalue weighted by Gasteiger charge is -2.14. The quantitative estimate of drug-likeness (QED) is 0.617. The van der Waals surface area contributed by atoms with Crippen LogP contribution in [0.25, 0.3) is 0 Å². The topological polar surface area (TPSA) is 63.6 Å². The summed E-state index contributed by atoms with van der Waals surface area (Å²) >= 11 is 0. The lowest BCUT2D eigenvalue weighted by molar-refractivity contribution is 0.0496. The smallest absolute Gasteiger partial charge is 0.338 e. The molecule has 0 fully saturated rings. The molecule has 0 bridgehead atoms. The number of aromatic carboxylic acids is 1. The number of carbonyl (C=O) groups excluding carboxylic acids is 1. The normalized spacial score (nSPS) is 11.7. The summed E-state index contributed by atoms with van der Waals surface area (Å²) in [4.78, 5) is 23.0. The van der Waals surface area contributed by atoms with Gasteiger partial charge in [-0.25, -0.2) is 9.59 Å². The second kappa shape index (κ2) is 8.13. The van der Waals surface area contributed by atoms with E-state index in [-0.39, 0.29) is 11.9 Å². The van der Waals surface area contributed by atoms with Crippen molar-refractivity contribution in [3.05, 3.63) is 71.3 Å². The Labute approximate surface area is 135 Å². The molecule has 0 aliphatic rings. The Morgan fingerprint density at radius 1 is 1.04 bits per heavy atom. The number of rotatable bonds is 7. The van der Waals surface area contributed by atoms with Gasteiger partial charge in [-0.15, -0.1) is 0 Å². The van der Waals surface area contributed by atoms with E-state index in [0.29, 0.717) is 24.2 Å². The summed E-state index contributed by atoms with van der Waals surface area (Å²) < 4.78 is 5.24. The number of ether oxygens (including phenoxy) is 1. The molecule has 4 nitrogen and oxygen atoms in total. The van der Waals surface area contributed by atoms with E-state index >= 15 is 0 Å². The van der Waals surface area contributed by atoms with Crippen molar-refractivity contribution in [2.45, 2.75) is 25.7 Å². The molecule has 1 N–H and O–H groups in total. The van der Waals surface area contributed by atoms with Crippen LogP contribution in [0.1, 0.15) is 52.0 Å². The van der Waals surface area contributed by atoms with Crippen LogP contribution in [-0.4, -0.2) is 23.7 Å². The van der Waals surface area contributed by atoms with Gasteiger partial charge in [0, 0.05) is 0 Å². The second-order valence-corrected chi connectivity index (χ2v) is 5.44. The molecule has 0 aliphatic heterocycles. The highest BCUT2D eigenvalue weighted by molar-refractivity contribution is 5.89. The van der Waals surface area contributed by atoms with E-state index in [1.54, 1.807) is 36.4 Å². The fourth-order valence-electron chi connectivity index (χ4n) is 2.49. The molecule has 2 aromatic carbocycles. The molecule has 0 amide bonds. The molecular weight excluding hydrogens is 292 g/mol. The van der Waals surface area contributed by atoms with E-state index in [1.807, 2.05) is 25.1 Å². The third-order valence-electron chi connectivity index (χ3n) is 3.75. The first-order valence-electron chi connectivity index (χ1n) is 7.64. The summed E-state index contributed by atoms with van der Waals surface area (Å²) in [6.45, 7) is 2.31. The van der Waals surface area contributed by atoms with Crippen molar-refractivity contribution in [3.8, 4) is 0 Å². The molecular formula is C19H20O4. The molecule has 4 heteroatoms. The van der Waals surface area contributed by atoms with Crippen LogP contribution in [0.3, 0.4) is 0 Å². The third-order valence-corrected chi connectivity index (χ3v) is 3.75. The Kier molecular flexibility index (Phi) is 5.92. The minimum atomic E-state index is -0.914. The molecule has 0 aliphatic carbocycles.